The standard InChI is InChI=1S/C10H16N6O/c1-7-8(6-11-16(7)10(2,3)4)15-9(17)14(5)12-13-15/h6H,1-5H3. The fraction of sp³-hybridized carbons (Fsp3) is 0.600. The van der Waals surface area contributed by atoms with Gasteiger partial charge in [-0.3, -0.25) is 4.68 Å². The molecule has 0 atom stereocenters. The van der Waals surface area contributed by atoms with Crippen molar-refractivity contribution >= 4 is 0 Å². The molecule has 7 heteroatoms. The van der Waals surface area contributed by atoms with Crippen molar-refractivity contribution in [2.45, 2.75) is 33.2 Å². The van der Waals surface area contributed by atoms with Gasteiger partial charge in [-0.1, -0.05) is 0 Å². The minimum absolute atomic E-state index is 0.131. The molecule has 7 nitrogen and oxygen atoms in total. The van der Waals surface area contributed by atoms with E-state index in [4.69, 9.17) is 0 Å². The summed E-state index contributed by atoms with van der Waals surface area (Å²) in [6, 6.07) is 0. The third-order valence-electron chi connectivity index (χ3n) is 2.57. The zero-order chi connectivity index (χ0) is 12.8. The van der Waals surface area contributed by atoms with Crippen molar-refractivity contribution in [2.24, 2.45) is 7.05 Å². The highest BCUT2D eigenvalue weighted by Crippen LogP contribution is 2.19. The summed E-state index contributed by atoms with van der Waals surface area (Å²) in [5.41, 5.74) is 1.15. The Hall–Kier alpha value is -1.92. The van der Waals surface area contributed by atoms with E-state index in [-0.39, 0.29) is 11.2 Å². The summed E-state index contributed by atoms with van der Waals surface area (Å²) >= 11 is 0. The average molecular weight is 236 g/mol. The molecule has 0 saturated heterocycles. The maximum Gasteiger partial charge on any atom is 0.368 e. The van der Waals surface area contributed by atoms with Crippen molar-refractivity contribution in [3.63, 3.8) is 0 Å². The van der Waals surface area contributed by atoms with E-state index in [1.165, 1.54) is 9.36 Å². The van der Waals surface area contributed by atoms with Gasteiger partial charge in [-0.05, 0) is 38.1 Å². The molecular weight excluding hydrogens is 220 g/mol. The van der Waals surface area contributed by atoms with Crippen LogP contribution in [0, 0.1) is 6.92 Å². The molecule has 2 rings (SSSR count). The molecule has 0 aliphatic rings. The summed E-state index contributed by atoms with van der Waals surface area (Å²) in [6.07, 6.45) is 1.64. The summed E-state index contributed by atoms with van der Waals surface area (Å²) < 4.78 is 4.31. The third-order valence-corrected chi connectivity index (χ3v) is 2.57. The van der Waals surface area contributed by atoms with E-state index in [0.29, 0.717) is 5.69 Å². The monoisotopic (exact) mass is 236 g/mol. The first-order valence-electron chi connectivity index (χ1n) is 5.37. The predicted molar refractivity (Wildman–Crippen MR) is 62.1 cm³/mol. The Morgan fingerprint density at radius 1 is 1.24 bits per heavy atom. The van der Waals surface area contributed by atoms with E-state index in [1.54, 1.807) is 13.2 Å². The normalized spacial score (nSPS) is 12.1. The molecule has 0 N–H and O–H groups in total. The lowest BCUT2D eigenvalue weighted by molar-refractivity contribution is 0.347. The number of hydrogen-bond donors (Lipinski definition) is 0. The zero-order valence-electron chi connectivity index (χ0n) is 10.7. The highest BCUT2D eigenvalue weighted by Gasteiger charge is 2.20. The van der Waals surface area contributed by atoms with Crippen LogP contribution in [0.3, 0.4) is 0 Å². The summed E-state index contributed by atoms with van der Waals surface area (Å²) in [5.74, 6) is 0. The Bertz CT molecular complexity index is 597. The lowest BCUT2D eigenvalue weighted by Gasteiger charge is -2.21. The van der Waals surface area contributed by atoms with Crippen LogP contribution >= 0.6 is 0 Å². The number of aryl methyl sites for hydroxylation is 1. The maximum atomic E-state index is 11.7. The van der Waals surface area contributed by atoms with Crippen molar-refractivity contribution in [1.82, 2.24) is 29.6 Å². The van der Waals surface area contributed by atoms with Gasteiger partial charge in [0.2, 0.25) is 0 Å². The highest BCUT2D eigenvalue weighted by molar-refractivity contribution is 5.32. The molecule has 0 radical (unpaired) electrons. The Kier molecular flexibility index (Phi) is 2.41. The fourth-order valence-corrected chi connectivity index (χ4v) is 1.75. The Labute approximate surface area is 98.6 Å². The van der Waals surface area contributed by atoms with Gasteiger partial charge >= 0.3 is 5.69 Å². The van der Waals surface area contributed by atoms with Crippen molar-refractivity contribution in [3.05, 3.63) is 22.4 Å². The van der Waals surface area contributed by atoms with Gasteiger partial charge in [0.05, 0.1) is 17.4 Å². The topological polar surface area (TPSA) is 70.5 Å². The Morgan fingerprint density at radius 3 is 2.29 bits per heavy atom. The highest BCUT2D eigenvalue weighted by atomic mass is 16.2. The van der Waals surface area contributed by atoms with E-state index < -0.39 is 0 Å². The van der Waals surface area contributed by atoms with Crippen LogP contribution in [0.2, 0.25) is 0 Å². The van der Waals surface area contributed by atoms with Crippen LogP contribution in [0.1, 0.15) is 26.5 Å². The summed E-state index contributed by atoms with van der Waals surface area (Å²) in [7, 11) is 1.56. The Morgan fingerprint density at radius 2 is 1.88 bits per heavy atom. The van der Waals surface area contributed by atoms with Crippen molar-refractivity contribution in [1.29, 1.82) is 0 Å². The number of nitrogens with zero attached hydrogens (tertiary/aromatic N) is 6. The molecule has 0 bridgehead atoms. The molecule has 2 heterocycles. The minimum Gasteiger partial charge on any atom is -0.262 e. The van der Waals surface area contributed by atoms with E-state index in [0.717, 1.165) is 5.69 Å². The SMILES string of the molecule is Cc1c(-n2nnn(C)c2=O)cnn1C(C)(C)C. The summed E-state index contributed by atoms with van der Waals surface area (Å²) in [4.78, 5) is 11.7. The second kappa shape index (κ2) is 3.54. The van der Waals surface area contributed by atoms with Gasteiger partial charge in [-0.2, -0.15) is 14.5 Å². The maximum absolute atomic E-state index is 11.7. The number of hydrogen-bond acceptors (Lipinski definition) is 4. The Balaban J connectivity index is 2.60. The lowest BCUT2D eigenvalue weighted by atomic mass is 10.1. The third kappa shape index (κ3) is 1.77. The van der Waals surface area contributed by atoms with Gasteiger partial charge in [0.15, 0.2) is 0 Å². The first-order valence-corrected chi connectivity index (χ1v) is 5.37. The number of tetrazole rings is 1. The van der Waals surface area contributed by atoms with E-state index >= 15 is 0 Å². The van der Waals surface area contributed by atoms with Gasteiger partial charge in [-0.15, -0.1) is 0 Å². The van der Waals surface area contributed by atoms with Crippen LogP contribution in [0.4, 0.5) is 0 Å². The summed E-state index contributed by atoms with van der Waals surface area (Å²) in [6.45, 7) is 8.07. The van der Waals surface area contributed by atoms with Crippen LogP contribution in [0.15, 0.2) is 11.0 Å². The van der Waals surface area contributed by atoms with Crippen molar-refractivity contribution in [2.75, 3.05) is 0 Å². The zero-order valence-corrected chi connectivity index (χ0v) is 10.7. The second-order valence-electron chi connectivity index (χ2n) is 4.99. The average Bonchev–Trinajstić information content (AvgIpc) is 2.72. The fourth-order valence-electron chi connectivity index (χ4n) is 1.75. The molecule has 2 aromatic heterocycles. The predicted octanol–water partition coefficient (Wildman–Crippen LogP) is 0.226. The largest absolute Gasteiger partial charge is 0.368 e. The molecule has 17 heavy (non-hydrogen) atoms. The molecule has 0 amide bonds. The van der Waals surface area contributed by atoms with Crippen molar-refractivity contribution in [3.8, 4) is 5.69 Å². The van der Waals surface area contributed by atoms with E-state index in [9.17, 15) is 4.79 Å². The van der Waals surface area contributed by atoms with Crippen LogP contribution in [0.5, 0.6) is 0 Å². The molecular formula is C10H16N6O. The number of aromatic nitrogens is 6. The molecule has 0 spiro atoms. The van der Waals surface area contributed by atoms with Crippen LogP contribution in [0.25, 0.3) is 5.69 Å². The molecule has 0 aromatic carbocycles. The van der Waals surface area contributed by atoms with Crippen LogP contribution in [-0.4, -0.2) is 29.6 Å². The molecule has 0 unspecified atom stereocenters. The minimum atomic E-state index is -0.276. The van der Waals surface area contributed by atoms with Gasteiger partial charge in [-0.25, -0.2) is 4.79 Å². The van der Waals surface area contributed by atoms with Gasteiger partial charge in [0.25, 0.3) is 0 Å². The molecule has 2 aromatic rings. The van der Waals surface area contributed by atoms with Crippen LogP contribution in [-0.2, 0) is 12.6 Å². The van der Waals surface area contributed by atoms with Crippen LogP contribution < -0.4 is 5.69 Å². The summed E-state index contributed by atoms with van der Waals surface area (Å²) in [5, 5.41) is 11.8. The molecule has 92 valence electrons. The smallest absolute Gasteiger partial charge is 0.262 e. The molecule has 0 saturated carbocycles. The molecule has 0 aliphatic carbocycles. The number of rotatable bonds is 1. The first-order chi connectivity index (χ1) is 7.82. The van der Waals surface area contributed by atoms with Gasteiger partial charge in [0, 0.05) is 7.05 Å². The van der Waals surface area contributed by atoms with Crippen molar-refractivity contribution < 1.29 is 0 Å². The molecule has 0 fully saturated rings. The lowest BCUT2D eigenvalue weighted by Crippen LogP contribution is -2.25. The van der Waals surface area contributed by atoms with E-state index in [2.05, 4.69) is 36.3 Å². The first kappa shape index (κ1) is 11.6. The molecule has 0 aliphatic heterocycles. The van der Waals surface area contributed by atoms with E-state index in [1.807, 2.05) is 11.6 Å². The quantitative estimate of drug-likeness (QED) is 0.710. The van der Waals surface area contributed by atoms with Gasteiger partial charge < -0.3 is 0 Å². The van der Waals surface area contributed by atoms with Gasteiger partial charge in [0.1, 0.15) is 5.69 Å². The second-order valence-corrected chi connectivity index (χ2v) is 4.99.